The van der Waals surface area contributed by atoms with Gasteiger partial charge in [0.05, 0.1) is 6.61 Å². The molecule has 2 aliphatic rings. The first-order valence-electron chi connectivity index (χ1n) is 8.44. The predicted octanol–water partition coefficient (Wildman–Crippen LogP) is 4.34. The van der Waals surface area contributed by atoms with Gasteiger partial charge in [0.15, 0.2) is 0 Å². The Morgan fingerprint density at radius 2 is 2.00 bits per heavy atom. The van der Waals surface area contributed by atoms with Crippen molar-refractivity contribution < 1.29 is 4.74 Å². The van der Waals surface area contributed by atoms with Gasteiger partial charge in [0, 0.05) is 17.5 Å². The summed E-state index contributed by atoms with van der Waals surface area (Å²) >= 11 is 0. The first-order valence-corrected chi connectivity index (χ1v) is 8.44. The van der Waals surface area contributed by atoms with E-state index in [1.807, 2.05) is 0 Å². The second-order valence-corrected chi connectivity index (χ2v) is 7.93. The molecule has 0 spiro atoms. The molecule has 2 heteroatoms. The third-order valence-corrected chi connectivity index (χ3v) is 5.74. The Kier molecular flexibility index (Phi) is 4.00. The third kappa shape index (κ3) is 2.96. The van der Waals surface area contributed by atoms with Crippen molar-refractivity contribution in [3.05, 3.63) is 29.8 Å². The van der Waals surface area contributed by atoms with Gasteiger partial charge < -0.3 is 10.5 Å². The van der Waals surface area contributed by atoms with Gasteiger partial charge in [-0.25, -0.2) is 0 Å². The molecule has 4 atom stereocenters. The lowest BCUT2D eigenvalue weighted by molar-refractivity contribution is 0.0940. The highest BCUT2D eigenvalue weighted by Gasteiger charge is 2.40. The van der Waals surface area contributed by atoms with Crippen molar-refractivity contribution in [2.45, 2.75) is 58.4 Å². The second kappa shape index (κ2) is 5.64. The fraction of sp³-hybridized carbons (Fsp3) is 0.684. The molecule has 0 saturated heterocycles. The van der Waals surface area contributed by atoms with E-state index in [1.165, 1.54) is 31.2 Å². The number of hydrogen-bond acceptors (Lipinski definition) is 2. The molecule has 4 unspecified atom stereocenters. The molecule has 0 aromatic heterocycles. The smallest absolute Gasteiger partial charge is 0.122 e. The summed E-state index contributed by atoms with van der Waals surface area (Å²) in [5, 5.41) is 0. The minimum atomic E-state index is 0.283. The van der Waals surface area contributed by atoms with E-state index in [2.05, 4.69) is 45.0 Å². The van der Waals surface area contributed by atoms with Crippen LogP contribution in [0.3, 0.4) is 0 Å². The third-order valence-electron chi connectivity index (χ3n) is 5.74. The van der Waals surface area contributed by atoms with E-state index < -0.39 is 0 Å². The highest BCUT2D eigenvalue weighted by molar-refractivity contribution is 5.39. The number of benzene rings is 1. The van der Waals surface area contributed by atoms with Crippen molar-refractivity contribution in [2.24, 2.45) is 23.0 Å². The molecule has 2 N–H and O–H groups in total. The SMILES string of the molecule is CC1CCC(C(C)(C)CC2COc3ccccc32)C(N)C1. The van der Waals surface area contributed by atoms with E-state index in [-0.39, 0.29) is 5.41 Å². The predicted molar refractivity (Wildman–Crippen MR) is 87.6 cm³/mol. The molecule has 21 heavy (non-hydrogen) atoms. The first kappa shape index (κ1) is 14.9. The summed E-state index contributed by atoms with van der Waals surface area (Å²) in [5.74, 6) is 3.05. The zero-order chi connectivity index (χ0) is 15.0. The lowest BCUT2D eigenvalue weighted by Gasteiger charge is -2.43. The quantitative estimate of drug-likeness (QED) is 0.897. The van der Waals surface area contributed by atoms with Crippen LogP contribution in [0.1, 0.15) is 57.9 Å². The summed E-state index contributed by atoms with van der Waals surface area (Å²) in [6, 6.07) is 8.87. The second-order valence-electron chi connectivity index (χ2n) is 7.93. The van der Waals surface area contributed by atoms with Crippen LogP contribution in [0.2, 0.25) is 0 Å². The van der Waals surface area contributed by atoms with Gasteiger partial charge in [0.25, 0.3) is 0 Å². The number of ether oxygens (including phenoxy) is 1. The van der Waals surface area contributed by atoms with Gasteiger partial charge in [0.2, 0.25) is 0 Å². The minimum absolute atomic E-state index is 0.283. The molecule has 3 rings (SSSR count). The molecule has 1 saturated carbocycles. The fourth-order valence-corrected chi connectivity index (χ4v) is 4.58. The molecular weight excluding hydrogens is 258 g/mol. The molecule has 1 heterocycles. The highest BCUT2D eigenvalue weighted by atomic mass is 16.5. The van der Waals surface area contributed by atoms with E-state index >= 15 is 0 Å². The Morgan fingerprint density at radius 1 is 1.24 bits per heavy atom. The largest absolute Gasteiger partial charge is 0.493 e. The van der Waals surface area contributed by atoms with Gasteiger partial charge in [-0.1, -0.05) is 45.4 Å². The Hall–Kier alpha value is -1.02. The maximum absolute atomic E-state index is 6.49. The van der Waals surface area contributed by atoms with Crippen molar-refractivity contribution in [1.29, 1.82) is 0 Å². The van der Waals surface area contributed by atoms with Crippen molar-refractivity contribution in [1.82, 2.24) is 0 Å². The van der Waals surface area contributed by atoms with Crippen LogP contribution in [0.5, 0.6) is 5.75 Å². The molecular formula is C19H29NO. The van der Waals surface area contributed by atoms with Crippen LogP contribution in [-0.2, 0) is 0 Å². The molecule has 1 aromatic rings. The molecule has 1 aliphatic heterocycles. The van der Waals surface area contributed by atoms with E-state index in [9.17, 15) is 0 Å². The lowest BCUT2D eigenvalue weighted by atomic mass is 9.63. The molecule has 1 aliphatic carbocycles. The van der Waals surface area contributed by atoms with E-state index in [1.54, 1.807) is 0 Å². The summed E-state index contributed by atoms with van der Waals surface area (Å²) in [5.41, 5.74) is 8.17. The van der Waals surface area contributed by atoms with Gasteiger partial charge in [-0.15, -0.1) is 0 Å². The van der Waals surface area contributed by atoms with E-state index in [4.69, 9.17) is 10.5 Å². The summed E-state index contributed by atoms with van der Waals surface area (Å²) in [6.07, 6.45) is 4.98. The van der Waals surface area contributed by atoms with Gasteiger partial charge in [-0.3, -0.25) is 0 Å². The zero-order valence-corrected chi connectivity index (χ0v) is 13.6. The van der Waals surface area contributed by atoms with Crippen LogP contribution < -0.4 is 10.5 Å². The molecule has 0 amide bonds. The van der Waals surface area contributed by atoms with E-state index in [0.29, 0.717) is 17.9 Å². The Balaban J connectivity index is 1.72. The topological polar surface area (TPSA) is 35.2 Å². The maximum atomic E-state index is 6.49. The number of fused-ring (bicyclic) bond motifs is 1. The Labute approximate surface area is 129 Å². The highest BCUT2D eigenvalue weighted by Crippen LogP contribution is 2.47. The average Bonchev–Trinajstić information content (AvgIpc) is 2.81. The molecule has 0 radical (unpaired) electrons. The number of hydrogen-bond donors (Lipinski definition) is 1. The lowest BCUT2D eigenvalue weighted by Crippen LogP contribution is -2.44. The van der Waals surface area contributed by atoms with Crippen LogP contribution >= 0.6 is 0 Å². The van der Waals surface area contributed by atoms with Gasteiger partial charge in [-0.2, -0.15) is 0 Å². The van der Waals surface area contributed by atoms with E-state index in [0.717, 1.165) is 18.3 Å². The number of nitrogens with two attached hydrogens (primary N) is 1. The fourth-order valence-electron chi connectivity index (χ4n) is 4.58. The first-order chi connectivity index (χ1) is 9.97. The Bertz CT molecular complexity index is 496. The van der Waals surface area contributed by atoms with Crippen LogP contribution in [0.25, 0.3) is 0 Å². The Morgan fingerprint density at radius 3 is 2.76 bits per heavy atom. The van der Waals surface area contributed by atoms with Crippen molar-refractivity contribution in [3.63, 3.8) is 0 Å². The van der Waals surface area contributed by atoms with Crippen molar-refractivity contribution >= 4 is 0 Å². The summed E-state index contributed by atoms with van der Waals surface area (Å²) in [6.45, 7) is 7.99. The zero-order valence-electron chi connectivity index (χ0n) is 13.6. The minimum Gasteiger partial charge on any atom is -0.493 e. The summed E-state index contributed by atoms with van der Waals surface area (Å²) in [4.78, 5) is 0. The van der Waals surface area contributed by atoms with Crippen molar-refractivity contribution in [3.8, 4) is 5.75 Å². The molecule has 2 nitrogen and oxygen atoms in total. The van der Waals surface area contributed by atoms with Crippen LogP contribution in [0.4, 0.5) is 0 Å². The summed E-state index contributed by atoms with van der Waals surface area (Å²) in [7, 11) is 0. The molecule has 116 valence electrons. The van der Waals surface area contributed by atoms with Crippen molar-refractivity contribution in [2.75, 3.05) is 6.61 Å². The standard InChI is InChI=1S/C19H29NO/c1-13-8-9-16(17(20)10-13)19(2,3)11-14-12-21-18-7-5-4-6-15(14)18/h4-7,13-14,16-17H,8-12,20H2,1-3H3. The number of para-hydroxylation sites is 1. The molecule has 1 aromatic carbocycles. The van der Waals surface area contributed by atoms with Gasteiger partial charge >= 0.3 is 0 Å². The summed E-state index contributed by atoms with van der Waals surface area (Å²) < 4.78 is 5.86. The van der Waals surface area contributed by atoms with Crippen LogP contribution in [0.15, 0.2) is 24.3 Å². The van der Waals surface area contributed by atoms with Crippen LogP contribution in [0, 0.1) is 17.3 Å². The van der Waals surface area contributed by atoms with Gasteiger partial charge in [-0.05, 0) is 42.6 Å². The average molecular weight is 287 g/mol. The van der Waals surface area contributed by atoms with Crippen LogP contribution in [-0.4, -0.2) is 12.6 Å². The molecule has 1 fully saturated rings. The van der Waals surface area contributed by atoms with Gasteiger partial charge in [0.1, 0.15) is 5.75 Å². The maximum Gasteiger partial charge on any atom is 0.122 e. The molecule has 0 bridgehead atoms. The normalized spacial score (nSPS) is 32.6. The number of rotatable bonds is 3. The monoisotopic (exact) mass is 287 g/mol.